The normalized spacial score (nSPS) is 14.6. The highest BCUT2D eigenvalue weighted by Crippen LogP contribution is 2.27. The summed E-state index contributed by atoms with van der Waals surface area (Å²) in [6, 6.07) is 17.2. The van der Waals surface area contributed by atoms with Gasteiger partial charge in [-0.3, -0.25) is 14.5 Å². The van der Waals surface area contributed by atoms with Gasteiger partial charge in [-0.2, -0.15) is 0 Å². The van der Waals surface area contributed by atoms with E-state index in [1.165, 1.54) is 29.3 Å². The molecule has 30 heavy (non-hydrogen) atoms. The van der Waals surface area contributed by atoms with E-state index in [2.05, 4.69) is 27.7 Å². The molecule has 6 nitrogen and oxygen atoms in total. The Bertz CT molecular complexity index is 1040. The molecule has 0 bridgehead atoms. The van der Waals surface area contributed by atoms with E-state index in [0.717, 1.165) is 31.3 Å². The topological polar surface area (TPSA) is 74.6 Å². The number of anilines is 1. The van der Waals surface area contributed by atoms with E-state index in [0.29, 0.717) is 0 Å². The van der Waals surface area contributed by atoms with E-state index < -0.39 is 17.6 Å². The van der Waals surface area contributed by atoms with E-state index in [1.54, 1.807) is 12.3 Å². The Morgan fingerprint density at radius 3 is 2.63 bits per heavy atom. The third kappa shape index (κ3) is 4.58. The van der Waals surface area contributed by atoms with Crippen molar-refractivity contribution in [3.8, 4) is 0 Å². The first-order chi connectivity index (χ1) is 14.6. The Morgan fingerprint density at radius 1 is 1.03 bits per heavy atom. The molecular formula is C23H22FN3O3. The number of rotatable bonds is 5. The smallest absolute Gasteiger partial charge is 0.313 e. The zero-order chi connectivity index (χ0) is 20.9. The summed E-state index contributed by atoms with van der Waals surface area (Å²) in [5, 5.41) is 5.09. The average molecular weight is 407 g/mol. The SMILES string of the molecule is O=C(NC[C@H](c1ccco1)N1CCc2ccccc2C1)C(=O)Nc1cccc(F)c1. The lowest BCUT2D eigenvalue weighted by molar-refractivity contribution is -0.136. The molecule has 0 unspecified atom stereocenters. The van der Waals surface area contributed by atoms with Gasteiger partial charge in [0.25, 0.3) is 0 Å². The quantitative estimate of drug-likeness (QED) is 0.637. The Labute approximate surface area is 173 Å². The van der Waals surface area contributed by atoms with Gasteiger partial charge < -0.3 is 15.1 Å². The number of carbonyl (C=O) groups is 2. The van der Waals surface area contributed by atoms with Crippen LogP contribution in [0.15, 0.2) is 71.3 Å². The molecule has 0 spiro atoms. The van der Waals surface area contributed by atoms with Gasteiger partial charge in [0, 0.05) is 25.3 Å². The van der Waals surface area contributed by atoms with Crippen LogP contribution in [0, 0.1) is 5.82 Å². The molecule has 4 rings (SSSR count). The molecule has 0 saturated heterocycles. The second-order valence-electron chi connectivity index (χ2n) is 7.19. The number of nitrogens with one attached hydrogen (secondary N) is 2. The number of fused-ring (bicyclic) bond motifs is 1. The average Bonchev–Trinajstić information content (AvgIpc) is 3.28. The standard InChI is InChI=1S/C23H22FN3O3/c24-18-7-3-8-19(13-18)26-23(29)22(28)25-14-20(21-9-4-12-30-21)27-11-10-16-5-1-2-6-17(16)15-27/h1-9,12-13,20H,10-11,14-15H2,(H,25,28)(H,26,29)/t20-/m1/s1. The fourth-order valence-electron chi connectivity index (χ4n) is 3.70. The fraction of sp³-hybridized carbons (Fsp3) is 0.217. The van der Waals surface area contributed by atoms with Gasteiger partial charge in [-0.05, 0) is 47.9 Å². The van der Waals surface area contributed by atoms with Crippen LogP contribution < -0.4 is 10.6 Å². The van der Waals surface area contributed by atoms with Crippen molar-refractivity contribution in [3.63, 3.8) is 0 Å². The van der Waals surface area contributed by atoms with E-state index in [9.17, 15) is 14.0 Å². The molecule has 2 N–H and O–H groups in total. The van der Waals surface area contributed by atoms with E-state index in [-0.39, 0.29) is 18.3 Å². The van der Waals surface area contributed by atoms with Crippen molar-refractivity contribution in [3.05, 3.63) is 89.6 Å². The number of benzene rings is 2. The van der Waals surface area contributed by atoms with Gasteiger partial charge in [-0.15, -0.1) is 0 Å². The van der Waals surface area contributed by atoms with Gasteiger partial charge in [0.2, 0.25) is 0 Å². The summed E-state index contributed by atoms with van der Waals surface area (Å²) in [6.45, 7) is 1.76. The number of nitrogens with zero attached hydrogens (tertiary/aromatic N) is 1. The van der Waals surface area contributed by atoms with E-state index >= 15 is 0 Å². The second-order valence-corrected chi connectivity index (χ2v) is 7.19. The molecule has 1 aromatic heterocycles. The third-order valence-corrected chi connectivity index (χ3v) is 5.22. The maximum absolute atomic E-state index is 13.3. The largest absolute Gasteiger partial charge is 0.468 e. The van der Waals surface area contributed by atoms with Crippen molar-refractivity contribution in [1.29, 1.82) is 0 Å². The molecule has 0 fully saturated rings. The summed E-state index contributed by atoms with van der Waals surface area (Å²) in [7, 11) is 0. The second kappa shape index (κ2) is 8.92. The molecule has 3 aromatic rings. The minimum atomic E-state index is -0.845. The summed E-state index contributed by atoms with van der Waals surface area (Å²) in [5.41, 5.74) is 2.80. The van der Waals surface area contributed by atoms with Gasteiger partial charge in [0.1, 0.15) is 11.6 Å². The Morgan fingerprint density at radius 2 is 1.87 bits per heavy atom. The first-order valence-electron chi connectivity index (χ1n) is 9.79. The number of amides is 2. The fourth-order valence-corrected chi connectivity index (χ4v) is 3.70. The predicted molar refractivity (Wildman–Crippen MR) is 110 cm³/mol. The van der Waals surface area contributed by atoms with E-state index in [4.69, 9.17) is 4.42 Å². The highest BCUT2D eigenvalue weighted by molar-refractivity contribution is 6.39. The molecule has 1 aliphatic rings. The molecule has 7 heteroatoms. The third-order valence-electron chi connectivity index (χ3n) is 5.22. The van der Waals surface area contributed by atoms with Crippen LogP contribution in [-0.2, 0) is 22.6 Å². The van der Waals surface area contributed by atoms with Gasteiger partial charge in [0.05, 0.1) is 12.3 Å². The lowest BCUT2D eigenvalue weighted by Crippen LogP contribution is -2.43. The molecular weight excluding hydrogens is 385 g/mol. The van der Waals surface area contributed by atoms with Gasteiger partial charge in [0.15, 0.2) is 0 Å². The van der Waals surface area contributed by atoms with Crippen molar-refractivity contribution in [2.75, 3.05) is 18.4 Å². The van der Waals surface area contributed by atoms with Crippen LogP contribution >= 0.6 is 0 Å². The van der Waals surface area contributed by atoms with Crippen LogP contribution in [-0.4, -0.2) is 29.8 Å². The van der Waals surface area contributed by atoms with Crippen molar-refractivity contribution in [1.82, 2.24) is 10.2 Å². The molecule has 2 amide bonds. The number of hydrogen-bond donors (Lipinski definition) is 2. The number of carbonyl (C=O) groups excluding carboxylic acids is 2. The minimum Gasteiger partial charge on any atom is -0.468 e. The van der Waals surface area contributed by atoms with Gasteiger partial charge in [-0.1, -0.05) is 30.3 Å². The highest BCUT2D eigenvalue weighted by atomic mass is 19.1. The highest BCUT2D eigenvalue weighted by Gasteiger charge is 2.27. The molecule has 0 aliphatic carbocycles. The lowest BCUT2D eigenvalue weighted by Gasteiger charge is -2.34. The van der Waals surface area contributed by atoms with Crippen molar-refractivity contribution in [2.24, 2.45) is 0 Å². The molecule has 0 saturated carbocycles. The predicted octanol–water partition coefficient (Wildman–Crippen LogP) is 3.27. The van der Waals surface area contributed by atoms with Crippen LogP contribution in [0.4, 0.5) is 10.1 Å². The molecule has 0 radical (unpaired) electrons. The molecule has 2 aromatic carbocycles. The van der Waals surface area contributed by atoms with Crippen LogP contribution in [0.2, 0.25) is 0 Å². The summed E-state index contributed by atoms with van der Waals surface area (Å²) >= 11 is 0. The van der Waals surface area contributed by atoms with Crippen LogP contribution in [0.1, 0.15) is 22.9 Å². The Hall–Kier alpha value is -3.45. The lowest BCUT2D eigenvalue weighted by atomic mass is 9.98. The summed E-state index contributed by atoms with van der Waals surface area (Å²) in [4.78, 5) is 26.7. The van der Waals surface area contributed by atoms with Crippen LogP contribution in [0.3, 0.4) is 0 Å². The number of halogens is 1. The maximum atomic E-state index is 13.3. The van der Waals surface area contributed by atoms with Gasteiger partial charge in [-0.25, -0.2) is 4.39 Å². The number of hydrogen-bond acceptors (Lipinski definition) is 4. The monoisotopic (exact) mass is 407 g/mol. The zero-order valence-corrected chi connectivity index (χ0v) is 16.3. The molecule has 2 heterocycles. The first kappa shape index (κ1) is 19.8. The van der Waals surface area contributed by atoms with Crippen LogP contribution in [0.25, 0.3) is 0 Å². The Kier molecular flexibility index (Phi) is 5.90. The van der Waals surface area contributed by atoms with Crippen molar-refractivity contribution in [2.45, 2.75) is 19.0 Å². The Balaban J connectivity index is 1.42. The maximum Gasteiger partial charge on any atom is 0.313 e. The molecule has 1 atom stereocenters. The summed E-state index contributed by atoms with van der Waals surface area (Å²) in [6.07, 6.45) is 2.50. The minimum absolute atomic E-state index is 0.209. The van der Waals surface area contributed by atoms with Gasteiger partial charge >= 0.3 is 11.8 Å². The van der Waals surface area contributed by atoms with E-state index in [1.807, 2.05) is 18.2 Å². The van der Waals surface area contributed by atoms with Crippen LogP contribution in [0.5, 0.6) is 0 Å². The summed E-state index contributed by atoms with van der Waals surface area (Å²) in [5.74, 6) is -1.40. The van der Waals surface area contributed by atoms with Crippen molar-refractivity contribution >= 4 is 17.5 Å². The first-order valence-corrected chi connectivity index (χ1v) is 9.79. The molecule has 154 valence electrons. The summed E-state index contributed by atoms with van der Waals surface area (Å²) < 4.78 is 18.9. The number of furan rings is 1. The molecule has 1 aliphatic heterocycles. The van der Waals surface area contributed by atoms with Crippen molar-refractivity contribution < 1.29 is 18.4 Å². The zero-order valence-electron chi connectivity index (χ0n) is 16.3.